The van der Waals surface area contributed by atoms with Crippen LogP contribution in [0.2, 0.25) is 0 Å². The van der Waals surface area contributed by atoms with E-state index in [2.05, 4.69) is 22.8 Å². The number of carbonyl (C=O) groups is 2. The fourth-order valence-corrected chi connectivity index (χ4v) is 3.33. The molecule has 0 spiro atoms. The molecule has 2 N–H and O–H groups in total. The van der Waals surface area contributed by atoms with Gasteiger partial charge in [0.1, 0.15) is 12.6 Å². The van der Waals surface area contributed by atoms with Gasteiger partial charge in [0.15, 0.2) is 0 Å². The molecule has 1 aliphatic heterocycles. The lowest BCUT2D eigenvalue weighted by molar-refractivity contribution is -0.123. The zero-order valence-corrected chi connectivity index (χ0v) is 15.6. The number of nitriles is 1. The average Bonchev–Trinajstić information content (AvgIpc) is 2.66. The van der Waals surface area contributed by atoms with Gasteiger partial charge in [0.05, 0.1) is 6.07 Å². The molecule has 1 aliphatic rings. The van der Waals surface area contributed by atoms with Gasteiger partial charge in [0, 0.05) is 13.1 Å². The lowest BCUT2D eigenvalue weighted by Gasteiger charge is -2.33. The highest BCUT2D eigenvalue weighted by molar-refractivity contribution is 5.87. The van der Waals surface area contributed by atoms with Gasteiger partial charge in [-0.3, -0.25) is 4.79 Å². The monoisotopic (exact) mass is 356 g/mol. The van der Waals surface area contributed by atoms with Crippen molar-refractivity contribution in [1.82, 2.24) is 15.5 Å². The van der Waals surface area contributed by atoms with E-state index in [9.17, 15) is 9.59 Å². The molecule has 3 amide bonds. The summed E-state index contributed by atoms with van der Waals surface area (Å²) < 4.78 is 0. The molecular formula is C20H28N4O2. The number of urea groups is 1. The molecule has 0 aromatic heterocycles. The van der Waals surface area contributed by atoms with Crippen LogP contribution in [0.5, 0.6) is 0 Å². The van der Waals surface area contributed by atoms with Crippen LogP contribution < -0.4 is 10.6 Å². The molecule has 26 heavy (non-hydrogen) atoms. The number of likely N-dealkylation sites (tertiary alicyclic amines) is 1. The summed E-state index contributed by atoms with van der Waals surface area (Å²) in [6, 6.07) is 11.5. The van der Waals surface area contributed by atoms with E-state index in [4.69, 9.17) is 5.26 Å². The summed E-state index contributed by atoms with van der Waals surface area (Å²) in [6.45, 7) is 5.31. The van der Waals surface area contributed by atoms with Crippen LogP contribution in [0.15, 0.2) is 30.3 Å². The maximum absolute atomic E-state index is 12.6. The quantitative estimate of drug-likeness (QED) is 0.768. The van der Waals surface area contributed by atoms with E-state index in [0.717, 1.165) is 12.8 Å². The van der Waals surface area contributed by atoms with Crippen LogP contribution in [-0.4, -0.2) is 42.5 Å². The predicted octanol–water partition coefficient (Wildman–Crippen LogP) is 2.63. The minimum Gasteiger partial charge on any atom is -0.341 e. The van der Waals surface area contributed by atoms with Gasteiger partial charge < -0.3 is 15.5 Å². The second-order valence-electron chi connectivity index (χ2n) is 7.18. The molecule has 1 aromatic carbocycles. The van der Waals surface area contributed by atoms with E-state index >= 15 is 0 Å². The lowest BCUT2D eigenvalue weighted by atomic mass is 9.89. The Balaban J connectivity index is 1.89. The van der Waals surface area contributed by atoms with Gasteiger partial charge in [-0.05, 0) is 36.7 Å². The summed E-state index contributed by atoms with van der Waals surface area (Å²) in [5.41, 5.74) is 1.32. The zero-order valence-electron chi connectivity index (χ0n) is 15.6. The fraction of sp³-hybridized carbons (Fsp3) is 0.550. The van der Waals surface area contributed by atoms with E-state index in [-0.39, 0.29) is 24.4 Å². The SMILES string of the molecule is CC(C)CC(NC(=O)N1CCC(c2ccccc2)CC1)C(=O)NCC#N. The Bertz CT molecular complexity index is 631. The first kappa shape index (κ1) is 19.8. The first-order chi connectivity index (χ1) is 12.5. The zero-order chi connectivity index (χ0) is 18.9. The highest BCUT2D eigenvalue weighted by atomic mass is 16.2. The normalized spacial score (nSPS) is 16.0. The van der Waals surface area contributed by atoms with Crippen LogP contribution in [0, 0.1) is 17.2 Å². The molecule has 140 valence electrons. The molecule has 2 rings (SSSR count). The van der Waals surface area contributed by atoms with E-state index in [1.807, 2.05) is 38.1 Å². The van der Waals surface area contributed by atoms with Crippen LogP contribution in [-0.2, 0) is 4.79 Å². The molecule has 0 bridgehead atoms. The van der Waals surface area contributed by atoms with E-state index in [1.54, 1.807) is 4.90 Å². The number of nitrogens with one attached hydrogen (secondary N) is 2. The number of rotatable bonds is 6. The van der Waals surface area contributed by atoms with Gasteiger partial charge >= 0.3 is 6.03 Å². The topological polar surface area (TPSA) is 85.2 Å². The predicted molar refractivity (Wildman–Crippen MR) is 100 cm³/mol. The number of hydrogen-bond donors (Lipinski definition) is 2. The second-order valence-corrected chi connectivity index (χ2v) is 7.18. The van der Waals surface area contributed by atoms with Crippen molar-refractivity contribution in [3.05, 3.63) is 35.9 Å². The Morgan fingerprint density at radius 1 is 1.23 bits per heavy atom. The average molecular weight is 356 g/mol. The third kappa shape index (κ3) is 5.76. The van der Waals surface area contributed by atoms with Crippen LogP contribution in [0.25, 0.3) is 0 Å². The first-order valence-electron chi connectivity index (χ1n) is 9.26. The second kappa shape index (κ2) is 9.81. The molecule has 1 heterocycles. The van der Waals surface area contributed by atoms with Gasteiger partial charge in [-0.1, -0.05) is 44.2 Å². The first-order valence-corrected chi connectivity index (χ1v) is 9.26. The van der Waals surface area contributed by atoms with Gasteiger partial charge in [0.25, 0.3) is 0 Å². The third-order valence-electron chi connectivity index (χ3n) is 4.72. The van der Waals surface area contributed by atoms with Crippen molar-refractivity contribution in [3.8, 4) is 6.07 Å². The highest BCUT2D eigenvalue weighted by Crippen LogP contribution is 2.27. The molecule has 0 saturated carbocycles. The standard InChI is InChI=1S/C20H28N4O2/c1-15(2)14-18(19(25)22-11-10-21)23-20(26)24-12-8-17(9-13-24)16-6-4-3-5-7-16/h3-7,15,17-18H,8-9,11-14H2,1-2H3,(H,22,25)(H,23,26). The summed E-state index contributed by atoms with van der Waals surface area (Å²) in [5, 5.41) is 14.0. The molecule has 1 atom stereocenters. The molecule has 1 aromatic rings. The molecule has 0 radical (unpaired) electrons. The Morgan fingerprint density at radius 2 is 1.88 bits per heavy atom. The highest BCUT2D eigenvalue weighted by Gasteiger charge is 2.27. The minimum atomic E-state index is -0.609. The van der Waals surface area contributed by atoms with Crippen LogP contribution in [0.1, 0.15) is 44.6 Å². The van der Waals surface area contributed by atoms with Crippen molar-refractivity contribution in [3.63, 3.8) is 0 Å². The Morgan fingerprint density at radius 3 is 2.46 bits per heavy atom. The molecule has 0 aliphatic carbocycles. The van der Waals surface area contributed by atoms with Gasteiger partial charge in [-0.15, -0.1) is 0 Å². The van der Waals surface area contributed by atoms with Crippen molar-refractivity contribution < 1.29 is 9.59 Å². The number of nitrogens with zero attached hydrogens (tertiary/aromatic N) is 2. The van der Waals surface area contributed by atoms with Crippen molar-refractivity contribution in [2.24, 2.45) is 5.92 Å². The number of carbonyl (C=O) groups excluding carboxylic acids is 2. The largest absolute Gasteiger partial charge is 0.341 e. The van der Waals surface area contributed by atoms with Crippen molar-refractivity contribution in [2.75, 3.05) is 19.6 Å². The molecule has 6 nitrogen and oxygen atoms in total. The van der Waals surface area contributed by atoms with E-state index in [1.165, 1.54) is 5.56 Å². The lowest BCUT2D eigenvalue weighted by Crippen LogP contribution is -2.53. The third-order valence-corrected chi connectivity index (χ3v) is 4.72. The van der Waals surface area contributed by atoms with Crippen LogP contribution >= 0.6 is 0 Å². The van der Waals surface area contributed by atoms with Crippen LogP contribution in [0.3, 0.4) is 0 Å². The Labute approximate surface area is 155 Å². The summed E-state index contributed by atoms with van der Waals surface area (Å²) in [4.78, 5) is 26.6. The number of hydrogen-bond acceptors (Lipinski definition) is 3. The molecule has 1 fully saturated rings. The summed E-state index contributed by atoms with van der Waals surface area (Å²) in [6.07, 6.45) is 2.39. The Kier molecular flexibility index (Phi) is 7.46. The Hall–Kier alpha value is -2.55. The molecule has 6 heteroatoms. The van der Waals surface area contributed by atoms with Gasteiger partial charge in [-0.25, -0.2) is 4.79 Å². The molecule has 1 saturated heterocycles. The van der Waals surface area contributed by atoms with Crippen molar-refractivity contribution >= 4 is 11.9 Å². The van der Waals surface area contributed by atoms with Crippen LogP contribution in [0.4, 0.5) is 4.79 Å². The minimum absolute atomic E-state index is 0.0498. The van der Waals surface area contributed by atoms with Crippen molar-refractivity contribution in [2.45, 2.75) is 45.1 Å². The number of piperidine rings is 1. The van der Waals surface area contributed by atoms with E-state index in [0.29, 0.717) is 25.4 Å². The van der Waals surface area contributed by atoms with Gasteiger partial charge in [-0.2, -0.15) is 5.26 Å². The maximum Gasteiger partial charge on any atom is 0.318 e. The summed E-state index contributed by atoms with van der Waals surface area (Å²) in [5.74, 6) is 0.440. The summed E-state index contributed by atoms with van der Waals surface area (Å²) in [7, 11) is 0. The van der Waals surface area contributed by atoms with Gasteiger partial charge in [0.2, 0.25) is 5.91 Å². The number of amides is 3. The maximum atomic E-state index is 12.6. The fourth-order valence-electron chi connectivity index (χ4n) is 3.33. The van der Waals surface area contributed by atoms with E-state index < -0.39 is 6.04 Å². The molecular weight excluding hydrogens is 328 g/mol. The number of benzene rings is 1. The summed E-state index contributed by atoms with van der Waals surface area (Å²) >= 11 is 0. The smallest absolute Gasteiger partial charge is 0.318 e. The molecule has 1 unspecified atom stereocenters. The van der Waals surface area contributed by atoms with Crippen molar-refractivity contribution in [1.29, 1.82) is 5.26 Å².